The molecule has 1 aromatic rings. The average molecular weight is 347 g/mol. The van der Waals surface area contributed by atoms with E-state index in [9.17, 15) is 4.79 Å². The second kappa shape index (κ2) is 9.76. The second-order valence-corrected chi connectivity index (χ2v) is 7.57. The third-order valence-electron chi connectivity index (χ3n) is 5.10. The van der Waals surface area contributed by atoms with Crippen LogP contribution in [-0.2, 0) is 4.79 Å². The molecule has 0 radical (unpaired) electrons. The fraction of sp³-hybridized carbons (Fsp3) is 0.700. The maximum Gasteiger partial charge on any atom is 0.209 e. The highest BCUT2D eigenvalue weighted by atomic mass is 16.1. The molecule has 1 amide bonds. The lowest BCUT2D eigenvalue weighted by Gasteiger charge is -2.33. The lowest BCUT2D eigenvalue weighted by molar-refractivity contribution is -0.118. The standard InChI is InChI=1S/C13H19N3O.C7H15N/c1-11(2)12-3-4-13(14-9-12)16-7-5-15(10-17)6-8-16;1-7(2)8-5-3-4-6-8/h3-4,9-11H,5-8H2,1-2H3;7H,3-6H2,1-2H3. The van der Waals surface area contributed by atoms with Gasteiger partial charge in [-0.05, 0) is 57.3 Å². The first kappa shape index (κ1) is 19.7. The average Bonchev–Trinajstić information content (AvgIpc) is 3.17. The van der Waals surface area contributed by atoms with Gasteiger partial charge in [-0.3, -0.25) is 4.79 Å². The number of nitrogens with zero attached hydrogens (tertiary/aromatic N) is 4. The van der Waals surface area contributed by atoms with E-state index in [4.69, 9.17) is 0 Å². The summed E-state index contributed by atoms with van der Waals surface area (Å²) in [7, 11) is 0. The Kier molecular flexibility index (Phi) is 7.69. The molecule has 2 fully saturated rings. The monoisotopic (exact) mass is 346 g/mol. The molecule has 0 aliphatic carbocycles. The molecule has 140 valence electrons. The van der Waals surface area contributed by atoms with Crippen molar-refractivity contribution in [1.29, 1.82) is 0 Å². The van der Waals surface area contributed by atoms with Crippen LogP contribution in [0.2, 0.25) is 0 Å². The number of likely N-dealkylation sites (tertiary alicyclic amines) is 1. The van der Waals surface area contributed by atoms with Crippen molar-refractivity contribution in [1.82, 2.24) is 14.8 Å². The summed E-state index contributed by atoms with van der Waals surface area (Å²) in [5, 5.41) is 0. The van der Waals surface area contributed by atoms with Crippen molar-refractivity contribution in [2.75, 3.05) is 44.2 Å². The Hall–Kier alpha value is -1.62. The smallest absolute Gasteiger partial charge is 0.209 e. The van der Waals surface area contributed by atoms with Gasteiger partial charge in [0.1, 0.15) is 5.82 Å². The molecule has 3 rings (SSSR count). The summed E-state index contributed by atoms with van der Waals surface area (Å²) < 4.78 is 0. The normalized spacial score (nSPS) is 18.5. The van der Waals surface area contributed by atoms with Crippen LogP contribution in [0.5, 0.6) is 0 Å². The Bertz CT molecular complexity index is 501. The first-order valence-corrected chi connectivity index (χ1v) is 9.65. The van der Waals surface area contributed by atoms with Crippen molar-refractivity contribution in [2.45, 2.75) is 52.5 Å². The summed E-state index contributed by atoms with van der Waals surface area (Å²) in [4.78, 5) is 21.7. The number of pyridine rings is 1. The lowest BCUT2D eigenvalue weighted by Crippen LogP contribution is -2.46. The summed E-state index contributed by atoms with van der Waals surface area (Å²) in [6.45, 7) is 14.8. The molecule has 0 atom stereocenters. The van der Waals surface area contributed by atoms with E-state index in [0.717, 1.165) is 44.4 Å². The fourth-order valence-electron chi connectivity index (χ4n) is 3.24. The van der Waals surface area contributed by atoms with Crippen LogP contribution < -0.4 is 4.90 Å². The Morgan fingerprint density at radius 1 is 0.960 bits per heavy atom. The van der Waals surface area contributed by atoms with E-state index >= 15 is 0 Å². The fourth-order valence-corrected chi connectivity index (χ4v) is 3.24. The number of hydrogen-bond donors (Lipinski definition) is 0. The Morgan fingerprint density at radius 3 is 2.00 bits per heavy atom. The van der Waals surface area contributed by atoms with Gasteiger partial charge < -0.3 is 14.7 Å². The van der Waals surface area contributed by atoms with Crippen molar-refractivity contribution in [3.8, 4) is 0 Å². The van der Waals surface area contributed by atoms with E-state index in [1.54, 1.807) is 4.90 Å². The van der Waals surface area contributed by atoms with E-state index in [1.165, 1.54) is 31.5 Å². The molecule has 3 heterocycles. The molecule has 2 aliphatic rings. The topological polar surface area (TPSA) is 39.7 Å². The maximum absolute atomic E-state index is 10.6. The van der Waals surface area contributed by atoms with Crippen LogP contribution in [0.25, 0.3) is 0 Å². The predicted molar refractivity (Wildman–Crippen MR) is 104 cm³/mol. The van der Waals surface area contributed by atoms with E-state index in [0.29, 0.717) is 5.92 Å². The number of aromatic nitrogens is 1. The summed E-state index contributed by atoms with van der Waals surface area (Å²) in [6, 6.07) is 4.99. The molecule has 0 bridgehead atoms. The predicted octanol–water partition coefficient (Wildman–Crippen LogP) is 2.97. The zero-order chi connectivity index (χ0) is 18.2. The van der Waals surface area contributed by atoms with Gasteiger partial charge in [-0.2, -0.15) is 0 Å². The van der Waals surface area contributed by atoms with Crippen LogP contribution in [0, 0.1) is 0 Å². The zero-order valence-electron chi connectivity index (χ0n) is 16.3. The maximum atomic E-state index is 10.6. The molecule has 0 saturated carbocycles. The van der Waals surface area contributed by atoms with Crippen LogP contribution >= 0.6 is 0 Å². The van der Waals surface area contributed by atoms with Gasteiger partial charge in [0.15, 0.2) is 0 Å². The van der Waals surface area contributed by atoms with E-state index in [-0.39, 0.29) is 0 Å². The van der Waals surface area contributed by atoms with Gasteiger partial charge in [0.05, 0.1) is 0 Å². The molecule has 2 aliphatic heterocycles. The number of hydrogen-bond acceptors (Lipinski definition) is 4. The largest absolute Gasteiger partial charge is 0.353 e. The Morgan fingerprint density at radius 2 is 1.60 bits per heavy atom. The van der Waals surface area contributed by atoms with Crippen molar-refractivity contribution in [2.24, 2.45) is 0 Å². The molecular formula is C20H34N4O. The van der Waals surface area contributed by atoms with Gasteiger partial charge >= 0.3 is 0 Å². The summed E-state index contributed by atoms with van der Waals surface area (Å²) in [5.41, 5.74) is 1.26. The summed E-state index contributed by atoms with van der Waals surface area (Å²) >= 11 is 0. The van der Waals surface area contributed by atoms with Crippen molar-refractivity contribution in [3.63, 3.8) is 0 Å². The third-order valence-corrected chi connectivity index (χ3v) is 5.10. The molecule has 0 unspecified atom stereocenters. The molecule has 5 nitrogen and oxygen atoms in total. The quantitative estimate of drug-likeness (QED) is 0.786. The Labute approximate surface area is 153 Å². The molecular weight excluding hydrogens is 312 g/mol. The summed E-state index contributed by atoms with van der Waals surface area (Å²) in [5.74, 6) is 1.53. The van der Waals surface area contributed by atoms with Crippen LogP contribution in [0.4, 0.5) is 5.82 Å². The van der Waals surface area contributed by atoms with E-state index in [2.05, 4.69) is 54.6 Å². The van der Waals surface area contributed by atoms with Gasteiger partial charge in [-0.1, -0.05) is 19.9 Å². The molecule has 25 heavy (non-hydrogen) atoms. The van der Waals surface area contributed by atoms with Gasteiger partial charge in [-0.25, -0.2) is 4.98 Å². The van der Waals surface area contributed by atoms with Crippen molar-refractivity contribution >= 4 is 12.2 Å². The lowest BCUT2D eigenvalue weighted by atomic mass is 10.1. The minimum Gasteiger partial charge on any atom is -0.353 e. The molecule has 1 aromatic heterocycles. The van der Waals surface area contributed by atoms with Gasteiger partial charge in [0.25, 0.3) is 0 Å². The molecule has 0 N–H and O–H groups in total. The number of carbonyl (C=O) groups is 1. The summed E-state index contributed by atoms with van der Waals surface area (Å²) in [6.07, 6.45) is 5.70. The molecule has 5 heteroatoms. The highest BCUT2D eigenvalue weighted by Crippen LogP contribution is 2.18. The van der Waals surface area contributed by atoms with E-state index in [1.807, 2.05) is 6.20 Å². The van der Waals surface area contributed by atoms with Crippen molar-refractivity contribution < 1.29 is 4.79 Å². The second-order valence-electron chi connectivity index (χ2n) is 7.57. The molecule has 2 saturated heterocycles. The Balaban J connectivity index is 0.000000236. The number of amides is 1. The van der Waals surface area contributed by atoms with Gasteiger partial charge in [0, 0.05) is 38.4 Å². The minimum atomic E-state index is 0.517. The van der Waals surface area contributed by atoms with Crippen LogP contribution in [0.1, 0.15) is 52.0 Å². The zero-order valence-corrected chi connectivity index (χ0v) is 16.3. The molecule has 0 spiro atoms. The first-order valence-electron chi connectivity index (χ1n) is 9.65. The highest BCUT2D eigenvalue weighted by Gasteiger charge is 2.16. The SMILES string of the molecule is CC(C)N1CCCC1.CC(C)c1ccc(N2CCN(C=O)CC2)nc1. The third kappa shape index (κ3) is 5.99. The van der Waals surface area contributed by atoms with Crippen LogP contribution in [-0.4, -0.2) is 66.5 Å². The number of piperazine rings is 1. The van der Waals surface area contributed by atoms with Gasteiger partial charge in [0.2, 0.25) is 6.41 Å². The van der Waals surface area contributed by atoms with E-state index < -0.39 is 0 Å². The van der Waals surface area contributed by atoms with Crippen LogP contribution in [0.15, 0.2) is 18.3 Å². The van der Waals surface area contributed by atoms with Crippen molar-refractivity contribution in [3.05, 3.63) is 23.9 Å². The van der Waals surface area contributed by atoms with Gasteiger partial charge in [-0.15, -0.1) is 0 Å². The number of anilines is 1. The van der Waals surface area contributed by atoms with Crippen LogP contribution in [0.3, 0.4) is 0 Å². The highest BCUT2D eigenvalue weighted by molar-refractivity contribution is 5.49. The number of carbonyl (C=O) groups excluding carboxylic acids is 1. The number of rotatable bonds is 4. The first-order chi connectivity index (χ1) is 12.0. The minimum absolute atomic E-state index is 0.517. The molecule has 0 aromatic carbocycles.